The molecule has 1 aromatic rings. The first kappa shape index (κ1) is 13.7. The van der Waals surface area contributed by atoms with Gasteiger partial charge in [0.2, 0.25) is 6.33 Å². The van der Waals surface area contributed by atoms with Gasteiger partial charge in [0.15, 0.2) is 0 Å². The van der Waals surface area contributed by atoms with E-state index in [-0.39, 0.29) is 17.5 Å². The maximum absolute atomic E-state index is 12.4. The van der Waals surface area contributed by atoms with Crippen LogP contribution in [-0.4, -0.2) is 32.8 Å². The van der Waals surface area contributed by atoms with Crippen LogP contribution in [0.4, 0.5) is 5.95 Å². The molecule has 4 fully saturated rings. The fourth-order valence-electron chi connectivity index (χ4n) is 5.50. The molecule has 8 nitrogen and oxygen atoms in total. The number of methoxy groups -OCH3 is 1. The fraction of sp³-hybridized carbons (Fsp3) is 0.786. The number of rotatable bonds is 3. The van der Waals surface area contributed by atoms with E-state index < -0.39 is 10.3 Å². The summed E-state index contributed by atoms with van der Waals surface area (Å²) in [4.78, 5) is 26.4. The van der Waals surface area contributed by atoms with E-state index in [0.29, 0.717) is 18.3 Å². The number of hydrogen-bond donors (Lipinski definition) is 0. The van der Waals surface area contributed by atoms with Gasteiger partial charge in [-0.1, -0.05) is 4.98 Å². The van der Waals surface area contributed by atoms with Crippen molar-refractivity contribution in [1.29, 1.82) is 0 Å². The van der Waals surface area contributed by atoms with Crippen molar-refractivity contribution in [2.75, 3.05) is 7.11 Å². The van der Waals surface area contributed by atoms with Gasteiger partial charge in [0.05, 0.1) is 18.1 Å². The van der Waals surface area contributed by atoms with E-state index in [1.54, 1.807) is 4.68 Å². The Morgan fingerprint density at radius 2 is 2.09 bits per heavy atom. The zero-order valence-electron chi connectivity index (χ0n) is 12.4. The quantitative estimate of drug-likeness (QED) is 0.478. The summed E-state index contributed by atoms with van der Waals surface area (Å²) in [6.07, 6.45) is 6.82. The predicted molar refractivity (Wildman–Crippen MR) is 73.8 cm³/mol. The summed E-state index contributed by atoms with van der Waals surface area (Å²) in [6, 6.07) is 0. The predicted octanol–water partition coefficient (Wildman–Crippen LogP) is 1.65. The number of nitro groups is 1. The van der Waals surface area contributed by atoms with E-state index in [4.69, 9.17) is 4.74 Å². The van der Waals surface area contributed by atoms with Crippen molar-refractivity contribution in [3.8, 4) is 0 Å². The van der Waals surface area contributed by atoms with Crippen molar-refractivity contribution in [2.24, 2.45) is 17.3 Å². The molecule has 4 aliphatic rings. The normalized spacial score (nSPS) is 39.0. The highest BCUT2D eigenvalue weighted by atomic mass is 16.6. The summed E-state index contributed by atoms with van der Waals surface area (Å²) in [6.45, 7) is 0. The highest BCUT2D eigenvalue weighted by molar-refractivity contribution is 5.77. The number of carbonyl (C=O) groups excluding carboxylic acids is 1. The van der Waals surface area contributed by atoms with Gasteiger partial charge in [0.25, 0.3) is 0 Å². The summed E-state index contributed by atoms with van der Waals surface area (Å²) in [5.41, 5.74) is -0.765. The molecule has 5 rings (SSSR count). The Kier molecular flexibility index (Phi) is 2.65. The van der Waals surface area contributed by atoms with E-state index in [1.807, 2.05) is 0 Å². The molecule has 0 aromatic carbocycles. The van der Waals surface area contributed by atoms with E-state index in [2.05, 4.69) is 10.1 Å². The molecule has 22 heavy (non-hydrogen) atoms. The van der Waals surface area contributed by atoms with E-state index in [0.717, 1.165) is 32.1 Å². The number of nitrogens with zero attached hydrogens (tertiary/aromatic N) is 4. The van der Waals surface area contributed by atoms with Crippen molar-refractivity contribution in [2.45, 2.75) is 44.1 Å². The van der Waals surface area contributed by atoms with Crippen molar-refractivity contribution < 1.29 is 14.5 Å². The van der Waals surface area contributed by atoms with Gasteiger partial charge < -0.3 is 14.9 Å². The van der Waals surface area contributed by atoms with E-state index in [9.17, 15) is 14.9 Å². The average molecular weight is 306 g/mol. The maximum Gasteiger partial charge on any atom is 0.490 e. The van der Waals surface area contributed by atoms with Gasteiger partial charge in [-0.3, -0.25) is 4.79 Å². The number of carbonyl (C=O) groups is 1. The Bertz CT molecular complexity index is 641. The summed E-state index contributed by atoms with van der Waals surface area (Å²) >= 11 is 0. The summed E-state index contributed by atoms with van der Waals surface area (Å²) in [5, 5.41) is 14.9. The summed E-state index contributed by atoms with van der Waals surface area (Å²) in [5.74, 6) is 0.413. The molecule has 0 spiro atoms. The molecule has 4 bridgehead atoms. The molecular weight excluding hydrogens is 288 g/mol. The molecule has 1 aromatic heterocycles. The summed E-state index contributed by atoms with van der Waals surface area (Å²) < 4.78 is 6.72. The number of esters is 1. The second-order valence-electron chi connectivity index (χ2n) is 7.20. The zero-order valence-corrected chi connectivity index (χ0v) is 12.4. The molecular formula is C14H18N4O4. The Morgan fingerprint density at radius 1 is 1.41 bits per heavy atom. The van der Waals surface area contributed by atoms with Crippen LogP contribution in [0.3, 0.4) is 0 Å². The Labute approximate surface area is 127 Å². The minimum Gasteiger partial charge on any atom is -0.469 e. The maximum atomic E-state index is 12.4. The second kappa shape index (κ2) is 4.27. The molecule has 118 valence electrons. The molecule has 0 unspecified atom stereocenters. The highest BCUT2D eigenvalue weighted by Gasteiger charge is 2.63. The Morgan fingerprint density at radius 3 is 2.64 bits per heavy atom. The van der Waals surface area contributed by atoms with Gasteiger partial charge >= 0.3 is 11.9 Å². The number of ether oxygens (including phenoxy) is 1. The third-order valence-electron chi connectivity index (χ3n) is 5.78. The minimum absolute atomic E-state index is 0.138. The molecule has 8 heteroatoms. The summed E-state index contributed by atoms with van der Waals surface area (Å²) in [7, 11) is 1.44. The molecule has 0 amide bonds. The third-order valence-corrected chi connectivity index (χ3v) is 5.78. The molecule has 4 aliphatic carbocycles. The first-order chi connectivity index (χ1) is 10.5. The van der Waals surface area contributed by atoms with Crippen molar-refractivity contribution in [3.05, 3.63) is 16.4 Å². The lowest BCUT2D eigenvalue weighted by atomic mass is 9.47. The first-order valence-corrected chi connectivity index (χ1v) is 7.61. The van der Waals surface area contributed by atoms with Crippen LogP contribution in [-0.2, 0) is 15.1 Å². The van der Waals surface area contributed by atoms with Crippen LogP contribution in [0.5, 0.6) is 0 Å². The van der Waals surface area contributed by atoms with Crippen LogP contribution < -0.4 is 0 Å². The Balaban J connectivity index is 1.75. The monoisotopic (exact) mass is 306 g/mol. The van der Waals surface area contributed by atoms with Gasteiger partial charge in [-0.25, -0.2) is 0 Å². The molecule has 0 saturated heterocycles. The van der Waals surface area contributed by atoms with Gasteiger partial charge in [0.1, 0.15) is 0 Å². The second-order valence-corrected chi connectivity index (χ2v) is 7.20. The van der Waals surface area contributed by atoms with Crippen molar-refractivity contribution in [3.63, 3.8) is 0 Å². The topological polar surface area (TPSA) is 100 Å². The van der Waals surface area contributed by atoms with Crippen LogP contribution in [0, 0.1) is 27.4 Å². The molecule has 1 heterocycles. The van der Waals surface area contributed by atoms with Gasteiger partial charge in [-0.15, -0.1) is 0 Å². The smallest absolute Gasteiger partial charge is 0.469 e. The van der Waals surface area contributed by atoms with E-state index in [1.165, 1.54) is 13.4 Å². The lowest BCUT2D eigenvalue weighted by Gasteiger charge is -2.59. The Hall–Kier alpha value is -1.99. The lowest BCUT2D eigenvalue weighted by molar-refractivity contribution is -0.394. The molecule has 0 N–H and O–H groups in total. The standard InChI is InChI=1S/C14H18N4O4/c1-22-11(19)13-3-9-2-10(4-13)6-14(5-9,7-13)17-8-15-12(16-17)18(20)21/h8-10H,2-7H2,1H3/t9-,10-,13?,14?/m1/s1. The van der Waals surface area contributed by atoms with Gasteiger partial charge in [-0.05, 0) is 55.3 Å². The van der Waals surface area contributed by atoms with Gasteiger partial charge in [-0.2, -0.15) is 4.68 Å². The van der Waals surface area contributed by atoms with Crippen LogP contribution in [0.15, 0.2) is 6.33 Å². The number of aromatic nitrogens is 3. The molecule has 2 atom stereocenters. The van der Waals surface area contributed by atoms with Crippen LogP contribution in [0.25, 0.3) is 0 Å². The lowest BCUT2D eigenvalue weighted by Crippen LogP contribution is -2.59. The molecule has 4 saturated carbocycles. The minimum atomic E-state index is -0.576. The highest BCUT2D eigenvalue weighted by Crippen LogP contribution is 2.64. The van der Waals surface area contributed by atoms with E-state index >= 15 is 0 Å². The first-order valence-electron chi connectivity index (χ1n) is 7.61. The number of hydrogen-bond acceptors (Lipinski definition) is 6. The zero-order chi connectivity index (χ0) is 15.5. The van der Waals surface area contributed by atoms with Gasteiger partial charge in [0, 0.05) is 5.10 Å². The van der Waals surface area contributed by atoms with Crippen LogP contribution in [0.1, 0.15) is 38.5 Å². The third kappa shape index (κ3) is 1.72. The largest absolute Gasteiger partial charge is 0.490 e. The SMILES string of the molecule is COC(=O)C12C[C@H]3C[C@H](C1)CC(n1cnc([N+](=O)[O-])n1)(C3)C2. The molecule has 0 aliphatic heterocycles. The van der Waals surface area contributed by atoms with Crippen molar-refractivity contribution in [1.82, 2.24) is 14.8 Å². The van der Waals surface area contributed by atoms with Crippen LogP contribution >= 0.6 is 0 Å². The molecule has 0 radical (unpaired) electrons. The average Bonchev–Trinajstić information content (AvgIpc) is 2.95. The van der Waals surface area contributed by atoms with Crippen LogP contribution in [0.2, 0.25) is 0 Å². The fourth-order valence-corrected chi connectivity index (χ4v) is 5.50. The van der Waals surface area contributed by atoms with Crippen molar-refractivity contribution >= 4 is 11.9 Å².